The lowest BCUT2D eigenvalue weighted by Crippen LogP contribution is -2.49. The first-order chi connectivity index (χ1) is 16.9. The van der Waals surface area contributed by atoms with Crippen LogP contribution in [0.4, 0.5) is 0 Å². The number of nitrogens with one attached hydrogen (secondary N) is 1. The van der Waals surface area contributed by atoms with Crippen molar-refractivity contribution in [2.24, 2.45) is 0 Å². The van der Waals surface area contributed by atoms with E-state index in [1.54, 1.807) is 12.3 Å². The zero-order chi connectivity index (χ0) is 25.0. The first-order valence-corrected chi connectivity index (χ1v) is 13.3. The molecule has 1 saturated heterocycles. The summed E-state index contributed by atoms with van der Waals surface area (Å²) in [7, 11) is -3.78. The Kier molecular flexibility index (Phi) is 7.80. The highest BCUT2D eigenvalue weighted by Gasteiger charge is 2.29. The number of pyridine rings is 1. The van der Waals surface area contributed by atoms with Crippen molar-refractivity contribution in [3.8, 4) is 17.1 Å². The molecule has 0 saturated carbocycles. The van der Waals surface area contributed by atoms with Gasteiger partial charge in [0.15, 0.2) is 5.52 Å². The molecule has 1 aromatic carbocycles. The van der Waals surface area contributed by atoms with Crippen LogP contribution in [0.1, 0.15) is 25.8 Å². The van der Waals surface area contributed by atoms with Crippen LogP contribution in [0, 0.1) is 0 Å². The van der Waals surface area contributed by atoms with Gasteiger partial charge in [0.05, 0.1) is 23.7 Å². The number of aliphatic hydroxyl groups is 1. The minimum absolute atomic E-state index is 0.0431. The molecule has 2 N–H and O–H groups in total. The second kappa shape index (κ2) is 10.8. The number of hydrogen-bond donors (Lipinski definition) is 2. The molecule has 1 fully saturated rings. The van der Waals surface area contributed by atoms with E-state index >= 15 is 0 Å². The Morgan fingerprint density at radius 3 is 2.57 bits per heavy atom. The first kappa shape index (κ1) is 25.2. The standard InChI is InChI=1S/C24H31N5O5S/c1-3-5-17-8-9-25-22-21(17)26-23(27-24(22)31)19-16-18(6-7-20(19)34-4-2)35(32,33)29-12-10-28(11-13-29)14-15-30/h6-9,16,30H,3-5,10-15H2,1-2H3,(H,26,27,31). The maximum absolute atomic E-state index is 13.4. The first-order valence-electron chi connectivity index (χ1n) is 11.9. The molecule has 0 unspecified atom stereocenters. The molecule has 3 aromatic rings. The Labute approximate surface area is 204 Å². The number of rotatable bonds is 9. The Morgan fingerprint density at radius 2 is 1.89 bits per heavy atom. The summed E-state index contributed by atoms with van der Waals surface area (Å²) >= 11 is 0. The summed E-state index contributed by atoms with van der Waals surface area (Å²) in [5.74, 6) is 0.670. The fraction of sp³-hybridized carbons (Fsp3) is 0.458. The third-order valence-corrected chi connectivity index (χ3v) is 7.98. The molecule has 4 rings (SSSR count). The number of nitrogens with zero attached hydrogens (tertiary/aromatic N) is 4. The van der Waals surface area contributed by atoms with Crippen molar-refractivity contribution in [2.75, 3.05) is 45.9 Å². The smallest absolute Gasteiger partial charge is 0.277 e. The number of H-pyrrole nitrogens is 1. The lowest BCUT2D eigenvalue weighted by atomic mass is 10.1. The Morgan fingerprint density at radius 1 is 1.11 bits per heavy atom. The Hall–Kier alpha value is -2.86. The van der Waals surface area contributed by atoms with Gasteiger partial charge < -0.3 is 14.8 Å². The second-order valence-electron chi connectivity index (χ2n) is 8.39. The summed E-state index contributed by atoms with van der Waals surface area (Å²) in [5, 5.41) is 9.14. The number of aliphatic hydroxyl groups excluding tert-OH is 1. The number of ether oxygens (including phenoxy) is 1. The summed E-state index contributed by atoms with van der Waals surface area (Å²) in [5.41, 5.74) is 1.68. The summed E-state index contributed by atoms with van der Waals surface area (Å²) in [4.78, 5) is 26.7. The number of piperazine rings is 1. The number of aromatic nitrogens is 3. The zero-order valence-corrected chi connectivity index (χ0v) is 20.8. The predicted octanol–water partition coefficient (Wildman–Crippen LogP) is 1.63. The van der Waals surface area contributed by atoms with Crippen LogP contribution in [0.25, 0.3) is 22.4 Å². The number of fused-ring (bicyclic) bond motifs is 1. The van der Waals surface area contributed by atoms with E-state index in [1.807, 2.05) is 24.8 Å². The van der Waals surface area contributed by atoms with E-state index in [9.17, 15) is 13.2 Å². The van der Waals surface area contributed by atoms with Crippen LogP contribution in [-0.4, -0.2) is 83.6 Å². The van der Waals surface area contributed by atoms with Crippen LogP contribution < -0.4 is 10.3 Å². The van der Waals surface area contributed by atoms with E-state index in [1.165, 1.54) is 16.4 Å². The summed E-state index contributed by atoms with van der Waals surface area (Å²) in [6.45, 7) is 6.59. The van der Waals surface area contributed by atoms with Crippen LogP contribution in [0.3, 0.4) is 0 Å². The van der Waals surface area contributed by atoms with E-state index in [0.717, 1.165) is 18.4 Å². The van der Waals surface area contributed by atoms with Crippen LogP contribution in [0.2, 0.25) is 0 Å². The van der Waals surface area contributed by atoms with Gasteiger partial charge in [-0.25, -0.2) is 18.4 Å². The van der Waals surface area contributed by atoms with Gasteiger partial charge >= 0.3 is 0 Å². The monoisotopic (exact) mass is 501 g/mol. The van der Waals surface area contributed by atoms with Gasteiger partial charge in [-0.15, -0.1) is 0 Å². The van der Waals surface area contributed by atoms with Gasteiger partial charge in [0.2, 0.25) is 10.0 Å². The van der Waals surface area contributed by atoms with Gasteiger partial charge in [-0.1, -0.05) is 13.3 Å². The third-order valence-electron chi connectivity index (χ3n) is 6.09. The van der Waals surface area contributed by atoms with E-state index in [0.29, 0.717) is 56.2 Å². The molecular weight excluding hydrogens is 470 g/mol. The van der Waals surface area contributed by atoms with Crippen molar-refractivity contribution in [1.29, 1.82) is 0 Å². The molecule has 1 aliphatic rings. The minimum atomic E-state index is -3.78. The van der Waals surface area contributed by atoms with Crippen molar-refractivity contribution in [1.82, 2.24) is 24.2 Å². The molecule has 0 bridgehead atoms. The van der Waals surface area contributed by atoms with Gasteiger partial charge in [-0.05, 0) is 43.2 Å². The lowest BCUT2D eigenvalue weighted by molar-refractivity contribution is 0.151. The average molecular weight is 502 g/mol. The summed E-state index contributed by atoms with van der Waals surface area (Å²) < 4.78 is 34.1. The van der Waals surface area contributed by atoms with Crippen molar-refractivity contribution < 1.29 is 18.3 Å². The number of hydrogen-bond acceptors (Lipinski definition) is 8. The largest absolute Gasteiger partial charge is 0.493 e. The number of aromatic amines is 1. The number of sulfonamides is 1. The zero-order valence-electron chi connectivity index (χ0n) is 20.0. The Bertz CT molecular complexity index is 1350. The van der Waals surface area contributed by atoms with E-state index in [2.05, 4.69) is 9.97 Å². The fourth-order valence-electron chi connectivity index (χ4n) is 4.31. The highest BCUT2D eigenvalue weighted by molar-refractivity contribution is 7.89. The SMILES string of the molecule is CCCc1ccnc2c(=O)[nH]c(-c3cc(S(=O)(=O)N4CCN(CCO)CC4)ccc3OCC)nc12. The van der Waals surface area contributed by atoms with E-state index in [4.69, 9.17) is 14.8 Å². The van der Waals surface area contributed by atoms with Crippen LogP contribution in [-0.2, 0) is 16.4 Å². The van der Waals surface area contributed by atoms with Gasteiger partial charge in [-0.2, -0.15) is 4.31 Å². The maximum atomic E-state index is 13.4. The molecule has 0 amide bonds. The van der Waals surface area contributed by atoms with Gasteiger partial charge in [0.25, 0.3) is 5.56 Å². The van der Waals surface area contributed by atoms with Crippen molar-refractivity contribution in [3.63, 3.8) is 0 Å². The highest BCUT2D eigenvalue weighted by atomic mass is 32.2. The molecule has 188 valence electrons. The van der Waals surface area contributed by atoms with E-state index < -0.39 is 15.6 Å². The second-order valence-corrected chi connectivity index (χ2v) is 10.3. The number of β-amino-alcohol motifs (C(OH)–C–C–N with tert-alkyl or cyclic N) is 1. The number of aryl methyl sites for hydroxylation is 1. The van der Waals surface area contributed by atoms with Crippen LogP contribution in [0.5, 0.6) is 5.75 Å². The molecule has 11 heteroatoms. The van der Waals surface area contributed by atoms with Crippen LogP contribution >= 0.6 is 0 Å². The molecule has 1 aliphatic heterocycles. The normalized spacial score (nSPS) is 15.5. The minimum Gasteiger partial charge on any atom is -0.493 e. The molecule has 0 aliphatic carbocycles. The number of benzene rings is 1. The van der Waals surface area contributed by atoms with Gasteiger partial charge in [0, 0.05) is 38.9 Å². The average Bonchev–Trinajstić information content (AvgIpc) is 2.85. The molecule has 10 nitrogen and oxygen atoms in total. The summed E-state index contributed by atoms with van der Waals surface area (Å²) in [6.07, 6.45) is 3.22. The summed E-state index contributed by atoms with van der Waals surface area (Å²) in [6, 6.07) is 6.49. The molecular formula is C24H31N5O5S. The molecule has 35 heavy (non-hydrogen) atoms. The molecule has 2 aromatic heterocycles. The van der Waals surface area contributed by atoms with Gasteiger partial charge in [0.1, 0.15) is 17.1 Å². The predicted molar refractivity (Wildman–Crippen MR) is 133 cm³/mol. The topological polar surface area (TPSA) is 129 Å². The molecule has 0 atom stereocenters. The quantitative estimate of drug-likeness (QED) is 0.453. The maximum Gasteiger partial charge on any atom is 0.277 e. The lowest BCUT2D eigenvalue weighted by Gasteiger charge is -2.33. The van der Waals surface area contributed by atoms with Crippen molar-refractivity contribution in [2.45, 2.75) is 31.6 Å². The van der Waals surface area contributed by atoms with Crippen molar-refractivity contribution in [3.05, 3.63) is 46.4 Å². The molecule has 0 spiro atoms. The highest BCUT2D eigenvalue weighted by Crippen LogP contribution is 2.32. The van der Waals surface area contributed by atoms with Gasteiger partial charge in [-0.3, -0.25) is 9.69 Å². The molecule has 0 radical (unpaired) electrons. The van der Waals surface area contributed by atoms with Crippen LogP contribution in [0.15, 0.2) is 40.2 Å². The third kappa shape index (κ3) is 5.22. The fourth-order valence-corrected chi connectivity index (χ4v) is 5.76. The Balaban J connectivity index is 1.78. The van der Waals surface area contributed by atoms with E-state index in [-0.39, 0.29) is 22.8 Å². The molecule has 3 heterocycles. The van der Waals surface area contributed by atoms with Crippen molar-refractivity contribution >= 4 is 21.1 Å².